The summed E-state index contributed by atoms with van der Waals surface area (Å²) in [6, 6.07) is 7.14. The van der Waals surface area contributed by atoms with Gasteiger partial charge in [0.25, 0.3) is 11.2 Å². The Hall–Kier alpha value is -3.67. The fraction of sp³-hybridized carbons (Fsp3) is 0.235. The minimum atomic E-state index is -0.763. The molecule has 0 N–H and O–H groups in total. The highest BCUT2D eigenvalue weighted by atomic mass is 16.6. The second-order valence-electron chi connectivity index (χ2n) is 5.55. The van der Waals surface area contributed by atoms with E-state index in [0.29, 0.717) is 24.7 Å². The monoisotopic (exact) mass is 355 g/mol. The number of nitriles is 1. The number of hydrogen-bond donors (Lipinski definition) is 0. The summed E-state index contributed by atoms with van der Waals surface area (Å²) in [5.74, 6) is 0.503. The van der Waals surface area contributed by atoms with Crippen LogP contribution in [0.4, 0.5) is 5.69 Å². The van der Waals surface area contributed by atoms with Gasteiger partial charge in [-0.3, -0.25) is 24.3 Å². The second-order valence-corrected chi connectivity index (χ2v) is 5.55. The molecule has 26 heavy (non-hydrogen) atoms. The predicted octanol–water partition coefficient (Wildman–Crippen LogP) is 1.67. The maximum Gasteiger partial charge on any atom is 0.287 e. The molecule has 0 aliphatic carbocycles. The highest BCUT2D eigenvalue weighted by Gasteiger charge is 2.18. The van der Waals surface area contributed by atoms with Crippen LogP contribution >= 0.6 is 0 Å². The molecule has 0 bridgehead atoms. The standard InChI is InChI=1S/C17H13N3O6/c18-8-12-6-13(20(23)24)9-19(17(12)22)10-14(21)11-2-3-15-16(7-11)26-5-1-4-25-15/h2-3,6-7,9H,1,4-5,10H2. The van der Waals surface area contributed by atoms with Gasteiger partial charge in [-0.25, -0.2) is 0 Å². The highest BCUT2D eigenvalue weighted by Crippen LogP contribution is 2.30. The summed E-state index contributed by atoms with van der Waals surface area (Å²) in [6.45, 7) is 0.537. The van der Waals surface area contributed by atoms with Gasteiger partial charge in [-0.1, -0.05) is 0 Å². The van der Waals surface area contributed by atoms with Gasteiger partial charge >= 0.3 is 0 Å². The average Bonchev–Trinajstić information content (AvgIpc) is 2.87. The lowest BCUT2D eigenvalue weighted by atomic mass is 10.1. The third kappa shape index (κ3) is 3.39. The molecule has 0 spiro atoms. The molecular formula is C17H13N3O6. The Morgan fingerprint density at radius 2 is 2.00 bits per heavy atom. The van der Waals surface area contributed by atoms with Crippen LogP contribution in [0.25, 0.3) is 0 Å². The van der Waals surface area contributed by atoms with Crippen LogP contribution in [0.2, 0.25) is 0 Å². The van der Waals surface area contributed by atoms with Gasteiger partial charge in [0.2, 0.25) is 0 Å². The molecule has 0 saturated heterocycles. The lowest BCUT2D eigenvalue weighted by Crippen LogP contribution is -2.26. The van der Waals surface area contributed by atoms with Crippen LogP contribution in [-0.2, 0) is 6.54 Å². The van der Waals surface area contributed by atoms with E-state index >= 15 is 0 Å². The Labute approximate surface area is 147 Å². The van der Waals surface area contributed by atoms with Gasteiger partial charge in [0.1, 0.15) is 11.6 Å². The van der Waals surface area contributed by atoms with Crippen molar-refractivity contribution in [3.8, 4) is 17.6 Å². The number of rotatable bonds is 4. The Balaban J connectivity index is 1.92. The van der Waals surface area contributed by atoms with Gasteiger partial charge < -0.3 is 9.47 Å². The molecular weight excluding hydrogens is 342 g/mol. The third-order valence-electron chi connectivity index (χ3n) is 3.79. The van der Waals surface area contributed by atoms with Gasteiger partial charge in [-0.05, 0) is 18.2 Å². The van der Waals surface area contributed by atoms with Gasteiger partial charge in [0, 0.05) is 18.1 Å². The molecule has 0 saturated carbocycles. The van der Waals surface area contributed by atoms with Crippen LogP contribution in [0, 0.1) is 21.4 Å². The summed E-state index contributed by atoms with van der Waals surface area (Å²) < 4.78 is 11.9. The van der Waals surface area contributed by atoms with Crippen LogP contribution < -0.4 is 15.0 Å². The number of pyridine rings is 1. The van der Waals surface area contributed by atoms with Gasteiger partial charge in [0.05, 0.1) is 30.9 Å². The summed E-state index contributed by atoms with van der Waals surface area (Å²) >= 11 is 0. The largest absolute Gasteiger partial charge is 0.490 e. The summed E-state index contributed by atoms with van der Waals surface area (Å²) in [7, 11) is 0. The maximum absolute atomic E-state index is 12.5. The molecule has 0 amide bonds. The van der Waals surface area contributed by atoms with E-state index in [0.717, 1.165) is 23.3 Å². The van der Waals surface area contributed by atoms with E-state index in [-0.39, 0.29) is 5.56 Å². The SMILES string of the molecule is N#Cc1cc([N+](=O)[O-])cn(CC(=O)c2ccc3c(c2)OCCCO3)c1=O. The second kappa shape index (κ2) is 7.06. The number of fused-ring (bicyclic) bond motifs is 1. The molecule has 1 aromatic heterocycles. The minimum Gasteiger partial charge on any atom is -0.490 e. The number of aromatic nitrogens is 1. The van der Waals surface area contributed by atoms with E-state index in [4.69, 9.17) is 14.7 Å². The maximum atomic E-state index is 12.5. The molecule has 1 aromatic carbocycles. The number of Topliss-reactive ketones (excluding diaryl/α,β-unsaturated/α-hetero) is 1. The number of nitrogens with zero attached hydrogens (tertiary/aromatic N) is 3. The van der Waals surface area contributed by atoms with Crippen molar-refractivity contribution in [1.82, 2.24) is 4.57 Å². The van der Waals surface area contributed by atoms with Crippen molar-refractivity contribution in [3.05, 3.63) is 62.1 Å². The van der Waals surface area contributed by atoms with E-state index in [1.54, 1.807) is 12.1 Å². The lowest BCUT2D eigenvalue weighted by Gasteiger charge is -2.10. The van der Waals surface area contributed by atoms with Crippen molar-refractivity contribution in [2.24, 2.45) is 0 Å². The summed E-state index contributed by atoms with van der Waals surface area (Å²) in [6.07, 6.45) is 1.67. The fourth-order valence-electron chi connectivity index (χ4n) is 2.50. The third-order valence-corrected chi connectivity index (χ3v) is 3.79. The first-order valence-corrected chi connectivity index (χ1v) is 7.71. The number of nitro groups is 1. The van der Waals surface area contributed by atoms with Crippen molar-refractivity contribution in [2.75, 3.05) is 13.2 Å². The normalized spacial score (nSPS) is 12.7. The molecule has 0 unspecified atom stereocenters. The quantitative estimate of drug-likeness (QED) is 0.464. The molecule has 0 atom stereocenters. The van der Waals surface area contributed by atoms with E-state index in [9.17, 15) is 19.7 Å². The molecule has 1 aliphatic rings. The first-order chi connectivity index (χ1) is 12.5. The predicted molar refractivity (Wildman–Crippen MR) is 88.5 cm³/mol. The van der Waals surface area contributed by atoms with E-state index in [1.165, 1.54) is 12.1 Å². The molecule has 2 heterocycles. The smallest absolute Gasteiger partial charge is 0.287 e. The van der Waals surface area contributed by atoms with Crippen LogP contribution in [-0.4, -0.2) is 28.5 Å². The zero-order valence-corrected chi connectivity index (χ0v) is 13.5. The fourth-order valence-corrected chi connectivity index (χ4v) is 2.50. The number of hydrogen-bond acceptors (Lipinski definition) is 7. The minimum absolute atomic E-state index is 0.270. The summed E-state index contributed by atoms with van der Waals surface area (Å²) in [4.78, 5) is 34.9. The molecule has 9 heteroatoms. The van der Waals surface area contributed by atoms with Crippen molar-refractivity contribution in [3.63, 3.8) is 0 Å². The number of ketones is 1. The van der Waals surface area contributed by atoms with E-state index in [1.807, 2.05) is 0 Å². The number of carbonyl (C=O) groups is 1. The zero-order chi connectivity index (χ0) is 18.7. The van der Waals surface area contributed by atoms with Crippen LogP contribution in [0.5, 0.6) is 11.5 Å². The van der Waals surface area contributed by atoms with Gasteiger partial charge in [0.15, 0.2) is 17.3 Å². The first-order valence-electron chi connectivity index (χ1n) is 7.71. The van der Waals surface area contributed by atoms with Crippen LogP contribution in [0.1, 0.15) is 22.3 Å². The number of benzene rings is 1. The number of ether oxygens (including phenoxy) is 2. The van der Waals surface area contributed by atoms with E-state index < -0.39 is 34.1 Å². The molecule has 9 nitrogen and oxygen atoms in total. The Kier molecular flexibility index (Phi) is 4.66. The summed E-state index contributed by atoms with van der Waals surface area (Å²) in [5.41, 5.74) is -1.33. The number of carbonyl (C=O) groups excluding carboxylic acids is 1. The van der Waals surface area contributed by atoms with Crippen LogP contribution in [0.15, 0.2) is 35.3 Å². The molecule has 0 fully saturated rings. The summed E-state index contributed by atoms with van der Waals surface area (Å²) in [5, 5.41) is 19.9. The van der Waals surface area contributed by atoms with Crippen molar-refractivity contribution in [2.45, 2.75) is 13.0 Å². The molecule has 0 radical (unpaired) electrons. The van der Waals surface area contributed by atoms with Crippen molar-refractivity contribution >= 4 is 11.5 Å². The van der Waals surface area contributed by atoms with Crippen LogP contribution in [0.3, 0.4) is 0 Å². The first kappa shape index (κ1) is 17.2. The van der Waals surface area contributed by atoms with Gasteiger partial charge in [-0.2, -0.15) is 5.26 Å². The average molecular weight is 355 g/mol. The Bertz CT molecular complexity index is 989. The van der Waals surface area contributed by atoms with Crippen molar-refractivity contribution in [1.29, 1.82) is 5.26 Å². The molecule has 2 aromatic rings. The van der Waals surface area contributed by atoms with Crippen molar-refractivity contribution < 1.29 is 19.2 Å². The lowest BCUT2D eigenvalue weighted by molar-refractivity contribution is -0.385. The van der Waals surface area contributed by atoms with E-state index in [2.05, 4.69) is 0 Å². The Morgan fingerprint density at radius 3 is 2.69 bits per heavy atom. The molecule has 132 valence electrons. The Morgan fingerprint density at radius 1 is 1.27 bits per heavy atom. The highest BCUT2D eigenvalue weighted by molar-refractivity contribution is 5.96. The molecule has 1 aliphatic heterocycles. The topological polar surface area (TPSA) is 124 Å². The zero-order valence-electron chi connectivity index (χ0n) is 13.5. The molecule has 3 rings (SSSR count). The van der Waals surface area contributed by atoms with Gasteiger partial charge in [-0.15, -0.1) is 0 Å².